The molecule has 0 aliphatic rings. The van der Waals surface area contributed by atoms with Gasteiger partial charge in [-0.15, -0.1) is 0 Å². The minimum absolute atomic E-state index is 0.0561. The molecule has 0 amide bonds. The third-order valence-electron chi connectivity index (χ3n) is 4.84. The largest absolute Gasteiger partial charge is 0.493 e. The molecule has 0 saturated heterocycles. The summed E-state index contributed by atoms with van der Waals surface area (Å²) in [7, 11) is 3.08. The molecule has 0 radical (unpaired) electrons. The number of halogens is 3. The number of benzene rings is 3. The second-order valence-electron chi connectivity index (χ2n) is 6.80. The highest BCUT2D eigenvalue weighted by molar-refractivity contribution is 9.10. The van der Waals surface area contributed by atoms with Crippen LogP contribution >= 0.6 is 39.1 Å². The van der Waals surface area contributed by atoms with Crippen molar-refractivity contribution >= 4 is 50.1 Å². The van der Waals surface area contributed by atoms with E-state index in [0.717, 1.165) is 0 Å². The van der Waals surface area contributed by atoms with Gasteiger partial charge in [-0.2, -0.15) is 0 Å². The summed E-state index contributed by atoms with van der Waals surface area (Å²) in [5.41, 5.74) is 1.41. The zero-order valence-electron chi connectivity index (χ0n) is 17.1. The Morgan fingerprint density at radius 3 is 2.47 bits per heavy atom. The Hall–Kier alpha value is -2.67. The summed E-state index contributed by atoms with van der Waals surface area (Å²) in [6, 6.07) is 15.6. The van der Waals surface area contributed by atoms with E-state index in [1.807, 2.05) is 0 Å². The van der Waals surface area contributed by atoms with E-state index in [0.29, 0.717) is 48.1 Å². The normalized spacial score (nSPS) is 10.9. The average Bonchev–Trinajstić information content (AvgIpc) is 2.78. The Morgan fingerprint density at radius 2 is 1.75 bits per heavy atom. The van der Waals surface area contributed by atoms with Crippen LogP contribution in [0.15, 0.2) is 68.3 Å². The molecule has 1 aromatic heterocycles. The predicted octanol–water partition coefficient (Wildman–Crippen LogP) is 7.13. The lowest BCUT2D eigenvalue weighted by Gasteiger charge is -2.15. The summed E-state index contributed by atoms with van der Waals surface area (Å²) >= 11 is 15.7. The first kappa shape index (κ1) is 22.5. The second-order valence-corrected chi connectivity index (χ2v) is 8.50. The molecule has 0 aliphatic heterocycles. The van der Waals surface area contributed by atoms with Gasteiger partial charge in [0.05, 0.1) is 24.1 Å². The molecule has 8 heteroatoms. The van der Waals surface area contributed by atoms with E-state index in [1.54, 1.807) is 61.7 Å². The van der Waals surface area contributed by atoms with Gasteiger partial charge in [-0.3, -0.25) is 4.79 Å². The molecule has 4 aromatic rings. The van der Waals surface area contributed by atoms with Crippen LogP contribution < -0.4 is 19.6 Å². The van der Waals surface area contributed by atoms with E-state index >= 15 is 0 Å². The lowest BCUT2D eigenvalue weighted by Crippen LogP contribution is -2.10. The Labute approximate surface area is 202 Å². The Balaban J connectivity index is 1.88. The van der Waals surface area contributed by atoms with Gasteiger partial charge >= 0.3 is 0 Å². The van der Waals surface area contributed by atoms with Crippen LogP contribution in [-0.4, -0.2) is 14.2 Å². The van der Waals surface area contributed by atoms with Gasteiger partial charge in [0.25, 0.3) is 0 Å². The van der Waals surface area contributed by atoms with Crippen LogP contribution in [-0.2, 0) is 6.61 Å². The third kappa shape index (κ3) is 4.31. The van der Waals surface area contributed by atoms with Crippen LogP contribution in [0.3, 0.4) is 0 Å². The standard InChI is InChI=1S/C24H17BrCl2O5/c1-29-20-10-14(9-17(25)23(20)30-2)22-24(21(28)16-5-3-4-6-19(16)32-22)31-12-13-7-8-15(26)11-18(13)27/h3-11H,12H2,1-2H3. The van der Waals surface area contributed by atoms with E-state index in [1.165, 1.54) is 7.11 Å². The number of para-hydroxylation sites is 1. The first-order chi connectivity index (χ1) is 15.4. The van der Waals surface area contributed by atoms with Gasteiger partial charge in [0.1, 0.15) is 12.2 Å². The molecule has 0 N–H and O–H groups in total. The summed E-state index contributed by atoms with van der Waals surface area (Å²) in [4.78, 5) is 13.3. The number of hydrogen-bond acceptors (Lipinski definition) is 5. The maximum Gasteiger partial charge on any atom is 0.235 e. The van der Waals surface area contributed by atoms with Gasteiger partial charge in [-0.05, 0) is 52.3 Å². The predicted molar refractivity (Wildman–Crippen MR) is 130 cm³/mol. The molecule has 32 heavy (non-hydrogen) atoms. The minimum Gasteiger partial charge on any atom is -0.493 e. The maximum atomic E-state index is 13.3. The van der Waals surface area contributed by atoms with E-state index < -0.39 is 0 Å². The Morgan fingerprint density at radius 1 is 0.969 bits per heavy atom. The molecule has 5 nitrogen and oxygen atoms in total. The molecule has 0 fully saturated rings. The number of rotatable bonds is 6. The van der Waals surface area contributed by atoms with Crippen LogP contribution in [0.25, 0.3) is 22.3 Å². The summed E-state index contributed by atoms with van der Waals surface area (Å²) in [5, 5.41) is 1.37. The second kappa shape index (κ2) is 9.45. The van der Waals surface area contributed by atoms with Gasteiger partial charge < -0.3 is 18.6 Å². The highest BCUT2D eigenvalue weighted by Gasteiger charge is 2.21. The topological polar surface area (TPSA) is 57.9 Å². The monoisotopic (exact) mass is 534 g/mol. The SMILES string of the molecule is COc1cc(-c2oc3ccccc3c(=O)c2OCc2ccc(Cl)cc2Cl)cc(Br)c1OC. The number of hydrogen-bond donors (Lipinski definition) is 0. The number of ether oxygens (including phenoxy) is 3. The van der Waals surface area contributed by atoms with Crippen molar-refractivity contribution in [2.45, 2.75) is 6.61 Å². The lowest BCUT2D eigenvalue weighted by molar-refractivity contribution is 0.298. The summed E-state index contributed by atoms with van der Waals surface area (Å²) < 4.78 is 23.6. The fraction of sp³-hybridized carbons (Fsp3) is 0.125. The molecular formula is C24H17BrCl2O5. The minimum atomic E-state index is -0.294. The molecule has 1 heterocycles. The molecular weight excluding hydrogens is 519 g/mol. The molecule has 0 saturated carbocycles. The maximum absolute atomic E-state index is 13.3. The van der Waals surface area contributed by atoms with Gasteiger partial charge in [0.15, 0.2) is 17.3 Å². The van der Waals surface area contributed by atoms with Crippen LogP contribution in [0.4, 0.5) is 0 Å². The Kier molecular flexibility index (Phi) is 6.65. The van der Waals surface area contributed by atoms with E-state index in [2.05, 4.69) is 15.9 Å². The zero-order chi connectivity index (χ0) is 22.8. The molecule has 164 valence electrons. The molecule has 0 aliphatic carbocycles. The molecule has 0 unspecified atom stereocenters. The first-order valence-corrected chi connectivity index (χ1v) is 11.0. The molecule has 0 bridgehead atoms. The Bertz CT molecular complexity index is 1370. The van der Waals surface area contributed by atoms with Crippen molar-refractivity contribution in [1.29, 1.82) is 0 Å². The van der Waals surface area contributed by atoms with Crippen molar-refractivity contribution in [3.63, 3.8) is 0 Å². The molecule has 4 rings (SSSR count). The number of methoxy groups -OCH3 is 2. The van der Waals surface area contributed by atoms with Crippen LogP contribution in [0.2, 0.25) is 10.0 Å². The van der Waals surface area contributed by atoms with E-state index in [4.69, 9.17) is 41.8 Å². The van der Waals surface area contributed by atoms with Gasteiger partial charge in [-0.25, -0.2) is 0 Å². The van der Waals surface area contributed by atoms with Gasteiger partial charge in [0.2, 0.25) is 11.2 Å². The van der Waals surface area contributed by atoms with Crippen molar-refractivity contribution in [1.82, 2.24) is 0 Å². The van der Waals surface area contributed by atoms with Crippen LogP contribution in [0, 0.1) is 0 Å². The summed E-state index contributed by atoms with van der Waals surface area (Å²) in [5.74, 6) is 1.32. The zero-order valence-corrected chi connectivity index (χ0v) is 20.2. The van der Waals surface area contributed by atoms with Crippen molar-refractivity contribution in [2.75, 3.05) is 14.2 Å². The fourth-order valence-electron chi connectivity index (χ4n) is 3.28. The van der Waals surface area contributed by atoms with E-state index in [-0.39, 0.29) is 23.5 Å². The van der Waals surface area contributed by atoms with Gasteiger partial charge in [-0.1, -0.05) is 41.4 Å². The van der Waals surface area contributed by atoms with E-state index in [9.17, 15) is 4.79 Å². The lowest BCUT2D eigenvalue weighted by atomic mass is 10.1. The quantitative estimate of drug-likeness (QED) is 0.263. The average molecular weight is 536 g/mol. The molecule has 3 aromatic carbocycles. The fourth-order valence-corrected chi connectivity index (χ4v) is 4.35. The summed E-state index contributed by atoms with van der Waals surface area (Å²) in [6.45, 7) is 0.0561. The first-order valence-electron chi connectivity index (χ1n) is 9.47. The van der Waals surface area contributed by atoms with Crippen molar-refractivity contribution in [2.24, 2.45) is 0 Å². The molecule has 0 spiro atoms. The number of fused-ring (bicyclic) bond motifs is 1. The molecule has 0 atom stereocenters. The summed E-state index contributed by atoms with van der Waals surface area (Å²) in [6.07, 6.45) is 0. The highest BCUT2D eigenvalue weighted by atomic mass is 79.9. The van der Waals surface area contributed by atoms with Crippen molar-refractivity contribution in [3.05, 3.63) is 84.9 Å². The smallest absolute Gasteiger partial charge is 0.235 e. The van der Waals surface area contributed by atoms with Crippen molar-refractivity contribution < 1.29 is 18.6 Å². The van der Waals surface area contributed by atoms with Crippen LogP contribution in [0.1, 0.15) is 5.56 Å². The van der Waals surface area contributed by atoms with Crippen LogP contribution in [0.5, 0.6) is 17.2 Å². The third-order valence-corrected chi connectivity index (χ3v) is 6.02. The van der Waals surface area contributed by atoms with Gasteiger partial charge in [0, 0.05) is 21.2 Å². The highest BCUT2D eigenvalue weighted by Crippen LogP contribution is 2.42. The van der Waals surface area contributed by atoms with Crippen molar-refractivity contribution in [3.8, 4) is 28.6 Å².